The van der Waals surface area contributed by atoms with Crippen molar-refractivity contribution < 1.29 is 23.8 Å². The van der Waals surface area contributed by atoms with E-state index in [1.165, 1.54) is 31.4 Å². The largest absolute Gasteiger partial charge is 0.497 e. The fraction of sp³-hybridized carbons (Fsp3) is 0.226. The van der Waals surface area contributed by atoms with E-state index in [0.717, 1.165) is 29.0 Å². The van der Waals surface area contributed by atoms with E-state index in [0.29, 0.717) is 17.9 Å². The summed E-state index contributed by atoms with van der Waals surface area (Å²) in [5.41, 5.74) is 2.27. The second kappa shape index (κ2) is 14.3. The van der Waals surface area contributed by atoms with Crippen LogP contribution in [0.2, 0.25) is 0 Å². The van der Waals surface area contributed by atoms with E-state index in [9.17, 15) is 9.59 Å². The first-order valence-electron chi connectivity index (χ1n) is 12.2. The Morgan fingerprint density at radius 2 is 1.28 bits per heavy atom. The van der Waals surface area contributed by atoms with Crippen molar-refractivity contribution in [1.29, 1.82) is 0 Å². The summed E-state index contributed by atoms with van der Waals surface area (Å²) in [6.07, 6.45) is 11.0. The number of hydrogen-bond acceptors (Lipinski definition) is 5. The number of methoxy groups -OCH3 is 1. The minimum atomic E-state index is -0.496. The summed E-state index contributed by atoms with van der Waals surface area (Å²) in [5.74, 6) is 1.31. The van der Waals surface area contributed by atoms with E-state index in [4.69, 9.17) is 14.2 Å². The topological polar surface area (TPSA) is 61.8 Å². The molecule has 0 saturated heterocycles. The van der Waals surface area contributed by atoms with Crippen LogP contribution in [0.4, 0.5) is 0 Å². The molecular weight excluding hydrogens is 452 g/mol. The Bertz CT molecular complexity index is 1160. The van der Waals surface area contributed by atoms with Gasteiger partial charge in [0.1, 0.15) is 17.2 Å². The molecule has 3 rings (SSSR count). The third-order valence-corrected chi connectivity index (χ3v) is 5.46. The van der Waals surface area contributed by atoms with Gasteiger partial charge in [0.25, 0.3) is 0 Å². The lowest BCUT2D eigenvalue weighted by atomic mass is 10.1. The van der Waals surface area contributed by atoms with Gasteiger partial charge in [-0.05, 0) is 78.2 Å². The van der Waals surface area contributed by atoms with Crippen LogP contribution in [0.3, 0.4) is 0 Å². The molecule has 0 amide bonds. The Hall–Kier alpha value is -4.12. The highest BCUT2D eigenvalue weighted by Gasteiger charge is 2.05. The first-order chi connectivity index (χ1) is 17.6. The number of benzene rings is 3. The molecule has 0 aliphatic rings. The van der Waals surface area contributed by atoms with Crippen molar-refractivity contribution in [2.24, 2.45) is 0 Å². The molecule has 0 bridgehead atoms. The van der Waals surface area contributed by atoms with Crippen molar-refractivity contribution in [2.45, 2.75) is 32.6 Å². The zero-order chi connectivity index (χ0) is 25.6. The SMILES string of the molecule is CCCCCCOc1ccc(/C=C/C(=O)Oc2ccc(C(=O)/C=C/c3ccc(OC)cc3)cc2)cc1. The fourth-order valence-electron chi connectivity index (χ4n) is 3.38. The second-order valence-electron chi connectivity index (χ2n) is 8.23. The second-order valence-corrected chi connectivity index (χ2v) is 8.23. The van der Waals surface area contributed by atoms with Crippen molar-refractivity contribution in [3.8, 4) is 17.2 Å². The Morgan fingerprint density at radius 3 is 1.89 bits per heavy atom. The number of carbonyl (C=O) groups excluding carboxylic acids is 2. The van der Waals surface area contributed by atoms with Gasteiger partial charge in [-0.1, -0.05) is 56.5 Å². The number of carbonyl (C=O) groups is 2. The maximum absolute atomic E-state index is 12.4. The summed E-state index contributed by atoms with van der Waals surface area (Å²) in [4.78, 5) is 24.6. The van der Waals surface area contributed by atoms with Gasteiger partial charge in [-0.15, -0.1) is 0 Å². The van der Waals surface area contributed by atoms with Gasteiger partial charge in [0.15, 0.2) is 5.78 Å². The highest BCUT2D eigenvalue weighted by molar-refractivity contribution is 6.06. The standard InChI is InChI=1S/C31H32O5/c1-3-4-5-6-23-35-28-17-9-25(10-18-28)12-22-31(33)36-29-19-13-26(14-20-29)30(32)21-11-24-7-15-27(34-2)16-8-24/h7-22H,3-6,23H2,1-2H3/b21-11+,22-12+. The number of hydrogen-bond donors (Lipinski definition) is 0. The Labute approximate surface area is 213 Å². The van der Waals surface area contributed by atoms with E-state index >= 15 is 0 Å². The molecule has 0 N–H and O–H groups in total. The Kier molecular flexibility index (Phi) is 10.5. The summed E-state index contributed by atoms with van der Waals surface area (Å²) in [6, 6.07) is 21.5. The molecule has 3 aromatic carbocycles. The third-order valence-electron chi connectivity index (χ3n) is 5.46. The van der Waals surface area contributed by atoms with Gasteiger partial charge in [0, 0.05) is 11.6 Å². The summed E-state index contributed by atoms with van der Waals surface area (Å²) < 4.78 is 16.2. The zero-order valence-electron chi connectivity index (χ0n) is 20.8. The molecule has 186 valence electrons. The van der Waals surface area contributed by atoms with Crippen LogP contribution in [0.25, 0.3) is 12.2 Å². The van der Waals surface area contributed by atoms with Crippen LogP contribution in [-0.4, -0.2) is 25.5 Å². The Morgan fingerprint density at radius 1 is 0.694 bits per heavy atom. The Balaban J connectivity index is 1.46. The summed E-state index contributed by atoms with van der Waals surface area (Å²) in [7, 11) is 1.61. The van der Waals surface area contributed by atoms with Crippen molar-refractivity contribution in [1.82, 2.24) is 0 Å². The zero-order valence-corrected chi connectivity index (χ0v) is 20.8. The molecule has 0 heterocycles. The molecule has 0 spiro atoms. The summed E-state index contributed by atoms with van der Waals surface area (Å²) in [5, 5.41) is 0. The molecule has 5 nitrogen and oxygen atoms in total. The molecule has 3 aromatic rings. The average Bonchev–Trinajstić information content (AvgIpc) is 2.92. The minimum absolute atomic E-state index is 0.142. The molecule has 0 fully saturated rings. The van der Waals surface area contributed by atoms with E-state index in [-0.39, 0.29) is 5.78 Å². The fourth-order valence-corrected chi connectivity index (χ4v) is 3.38. The number of rotatable bonds is 13. The van der Waals surface area contributed by atoms with E-state index < -0.39 is 5.97 Å². The van der Waals surface area contributed by atoms with Gasteiger partial charge >= 0.3 is 5.97 Å². The first kappa shape index (κ1) is 26.5. The van der Waals surface area contributed by atoms with Crippen LogP contribution in [0.5, 0.6) is 17.2 Å². The van der Waals surface area contributed by atoms with Gasteiger partial charge in [-0.25, -0.2) is 4.79 Å². The quantitative estimate of drug-likeness (QED) is 0.0846. The van der Waals surface area contributed by atoms with Crippen LogP contribution < -0.4 is 14.2 Å². The van der Waals surface area contributed by atoms with E-state index in [1.54, 1.807) is 43.5 Å². The van der Waals surface area contributed by atoms with Crippen molar-refractivity contribution in [3.05, 3.63) is 102 Å². The maximum Gasteiger partial charge on any atom is 0.336 e. The normalized spacial score (nSPS) is 11.1. The molecule has 0 aromatic heterocycles. The van der Waals surface area contributed by atoms with Crippen LogP contribution in [0.15, 0.2) is 84.9 Å². The molecule has 0 aliphatic carbocycles. The summed E-state index contributed by atoms with van der Waals surface area (Å²) in [6.45, 7) is 2.90. The van der Waals surface area contributed by atoms with Gasteiger partial charge in [-0.3, -0.25) is 4.79 Å². The molecule has 0 unspecified atom stereocenters. The predicted molar refractivity (Wildman–Crippen MR) is 144 cm³/mol. The number of unbranched alkanes of at least 4 members (excludes halogenated alkanes) is 3. The van der Waals surface area contributed by atoms with Gasteiger partial charge in [0.05, 0.1) is 13.7 Å². The molecule has 5 heteroatoms. The van der Waals surface area contributed by atoms with Gasteiger partial charge < -0.3 is 14.2 Å². The van der Waals surface area contributed by atoms with Gasteiger partial charge in [0.2, 0.25) is 0 Å². The summed E-state index contributed by atoms with van der Waals surface area (Å²) >= 11 is 0. The molecule has 0 aliphatic heterocycles. The number of esters is 1. The lowest BCUT2D eigenvalue weighted by Crippen LogP contribution is -2.04. The van der Waals surface area contributed by atoms with Crippen LogP contribution in [0.1, 0.15) is 54.1 Å². The van der Waals surface area contributed by atoms with Crippen molar-refractivity contribution in [2.75, 3.05) is 13.7 Å². The van der Waals surface area contributed by atoms with Crippen LogP contribution in [-0.2, 0) is 4.79 Å². The molecule has 0 radical (unpaired) electrons. The predicted octanol–water partition coefficient (Wildman–Crippen LogP) is 7.17. The average molecular weight is 485 g/mol. The minimum Gasteiger partial charge on any atom is -0.497 e. The number of ether oxygens (including phenoxy) is 3. The maximum atomic E-state index is 12.4. The molecule has 0 saturated carbocycles. The van der Waals surface area contributed by atoms with Crippen molar-refractivity contribution in [3.63, 3.8) is 0 Å². The first-order valence-corrected chi connectivity index (χ1v) is 12.2. The highest BCUT2D eigenvalue weighted by atomic mass is 16.5. The van der Waals surface area contributed by atoms with E-state index in [2.05, 4.69) is 6.92 Å². The number of ketones is 1. The van der Waals surface area contributed by atoms with Crippen molar-refractivity contribution >= 4 is 23.9 Å². The smallest absolute Gasteiger partial charge is 0.336 e. The molecule has 36 heavy (non-hydrogen) atoms. The highest BCUT2D eigenvalue weighted by Crippen LogP contribution is 2.17. The molecule has 0 atom stereocenters. The lowest BCUT2D eigenvalue weighted by molar-refractivity contribution is -0.128. The number of allylic oxidation sites excluding steroid dienone is 1. The van der Waals surface area contributed by atoms with Crippen LogP contribution in [0, 0.1) is 0 Å². The van der Waals surface area contributed by atoms with Gasteiger partial charge in [-0.2, -0.15) is 0 Å². The third kappa shape index (κ3) is 8.91. The van der Waals surface area contributed by atoms with Crippen LogP contribution >= 0.6 is 0 Å². The lowest BCUT2D eigenvalue weighted by Gasteiger charge is -2.06. The van der Waals surface area contributed by atoms with E-state index in [1.807, 2.05) is 48.5 Å². The molecular formula is C31H32O5. The monoisotopic (exact) mass is 484 g/mol.